The molecule has 0 aromatic heterocycles. The van der Waals surface area contributed by atoms with E-state index in [1.165, 1.54) is 6.26 Å². The maximum absolute atomic E-state index is 12.1. The zero-order valence-corrected chi connectivity index (χ0v) is 11.0. The lowest BCUT2D eigenvalue weighted by atomic mass is 9.96. The molecule has 0 aromatic carbocycles. The summed E-state index contributed by atoms with van der Waals surface area (Å²) in [6.07, 6.45) is 1.54. The summed E-state index contributed by atoms with van der Waals surface area (Å²) >= 11 is 0. The molecule has 0 N–H and O–H groups in total. The first-order valence-corrected chi connectivity index (χ1v) is 6.56. The van der Waals surface area contributed by atoms with Crippen LogP contribution in [-0.2, 0) is 14.5 Å². The Kier molecular flexibility index (Phi) is 3.55. The number of amides is 1. The summed E-state index contributed by atoms with van der Waals surface area (Å²) in [5.41, 5.74) is -0.552. The van der Waals surface area contributed by atoms with E-state index in [1.54, 1.807) is 20.8 Å². The van der Waals surface area contributed by atoms with Gasteiger partial charge < -0.3 is 0 Å². The van der Waals surface area contributed by atoms with Crippen molar-refractivity contribution in [3.63, 3.8) is 0 Å². The van der Waals surface area contributed by atoms with E-state index in [0.29, 0.717) is 0 Å². The molecule has 0 aliphatic heterocycles. The van der Waals surface area contributed by atoms with Crippen molar-refractivity contribution in [1.82, 2.24) is 0 Å². The smallest absolute Gasteiger partial charge is 0.259 e. The molecule has 4 heteroatoms. The zero-order valence-electron chi connectivity index (χ0n) is 10.2. The average molecular weight is 219 g/mol. The molecule has 0 aliphatic carbocycles. The van der Waals surface area contributed by atoms with Gasteiger partial charge in [-0.1, -0.05) is 20.8 Å². The maximum Gasteiger partial charge on any atom is 0.259 e. The molecular formula is C10H21NO2S. The fraction of sp³-hybridized carbons (Fsp3) is 0.900. The topological polar surface area (TPSA) is 46.5 Å². The van der Waals surface area contributed by atoms with E-state index in [4.69, 9.17) is 0 Å². The number of carbonyl (C=O) groups excluding carboxylic acids is 1. The lowest BCUT2D eigenvalue weighted by Crippen LogP contribution is -2.29. The summed E-state index contributed by atoms with van der Waals surface area (Å²) in [5.74, 6) is -0.292. The Morgan fingerprint density at radius 1 is 1.07 bits per heavy atom. The van der Waals surface area contributed by atoms with Crippen LogP contribution in [0.2, 0.25) is 0 Å². The van der Waals surface area contributed by atoms with E-state index in [1.807, 2.05) is 20.8 Å². The first-order valence-electron chi connectivity index (χ1n) is 4.64. The van der Waals surface area contributed by atoms with Crippen LogP contribution in [0.4, 0.5) is 0 Å². The van der Waals surface area contributed by atoms with Crippen molar-refractivity contribution in [2.75, 3.05) is 6.26 Å². The quantitative estimate of drug-likeness (QED) is 0.628. The Bertz CT molecular complexity index is 336. The van der Waals surface area contributed by atoms with Gasteiger partial charge in [0.2, 0.25) is 0 Å². The zero-order chi connectivity index (χ0) is 11.8. The van der Waals surface area contributed by atoms with Crippen molar-refractivity contribution in [3.05, 3.63) is 0 Å². The molecule has 3 nitrogen and oxygen atoms in total. The normalized spacial score (nSPS) is 17.4. The first-order chi connectivity index (χ1) is 5.88. The van der Waals surface area contributed by atoms with E-state index >= 15 is 0 Å². The van der Waals surface area contributed by atoms with E-state index in [-0.39, 0.29) is 5.91 Å². The summed E-state index contributed by atoms with van der Waals surface area (Å²) in [4.78, 5) is 11.6. The third-order valence-electron chi connectivity index (χ3n) is 2.03. The van der Waals surface area contributed by atoms with Crippen LogP contribution in [-0.4, -0.2) is 21.1 Å². The number of carbonyl (C=O) groups is 1. The number of nitrogens with zero attached hydrogens (tertiary/aromatic N) is 1. The molecule has 0 bridgehead atoms. The van der Waals surface area contributed by atoms with Gasteiger partial charge in [-0.2, -0.15) is 4.36 Å². The van der Waals surface area contributed by atoms with Crippen molar-refractivity contribution >= 4 is 15.6 Å². The number of hydrogen-bond acceptors (Lipinski definition) is 2. The molecule has 1 amide bonds. The largest absolute Gasteiger partial charge is 0.271 e. The summed E-state index contributed by atoms with van der Waals surface area (Å²) in [7, 11) is -2.45. The maximum atomic E-state index is 12.1. The van der Waals surface area contributed by atoms with Crippen LogP contribution in [0, 0.1) is 5.41 Å². The molecule has 0 spiro atoms. The van der Waals surface area contributed by atoms with Gasteiger partial charge in [0, 0.05) is 16.4 Å². The van der Waals surface area contributed by atoms with Crippen molar-refractivity contribution < 1.29 is 9.00 Å². The summed E-state index contributed by atoms with van der Waals surface area (Å²) in [6, 6.07) is 0. The van der Waals surface area contributed by atoms with Gasteiger partial charge in [-0.15, -0.1) is 0 Å². The van der Waals surface area contributed by atoms with Gasteiger partial charge in [-0.3, -0.25) is 4.79 Å². The molecular weight excluding hydrogens is 198 g/mol. The van der Waals surface area contributed by atoms with Crippen LogP contribution in [0.1, 0.15) is 41.5 Å². The standard InChI is InChI=1S/C10H21NO2S/c1-9(2,3)8(12)11-14(7,13)10(4,5)6/h1-7H3/t14-/m0/s1. The minimum atomic E-state index is -2.45. The van der Waals surface area contributed by atoms with E-state index in [0.717, 1.165) is 0 Å². The second-order valence-corrected chi connectivity index (χ2v) is 8.57. The highest BCUT2D eigenvalue weighted by Gasteiger charge is 2.27. The van der Waals surface area contributed by atoms with Crippen molar-refractivity contribution in [2.24, 2.45) is 9.78 Å². The first kappa shape index (κ1) is 13.6. The highest BCUT2D eigenvalue weighted by Crippen LogP contribution is 2.21. The fourth-order valence-electron chi connectivity index (χ4n) is 0.432. The lowest BCUT2D eigenvalue weighted by Gasteiger charge is -2.22. The van der Waals surface area contributed by atoms with E-state index < -0.39 is 19.9 Å². The molecule has 1 atom stereocenters. The summed E-state index contributed by atoms with van der Waals surface area (Å²) in [6.45, 7) is 10.8. The molecule has 0 heterocycles. The molecule has 0 unspecified atom stereocenters. The van der Waals surface area contributed by atoms with Crippen molar-refractivity contribution in [1.29, 1.82) is 0 Å². The minimum Gasteiger partial charge on any atom is -0.271 e. The molecule has 0 radical (unpaired) electrons. The minimum absolute atomic E-state index is 0.292. The molecule has 14 heavy (non-hydrogen) atoms. The monoisotopic (exact) mass is 219 g/mol. The Morgan fingerprint density at radius 3 is 1.64 bits per heavy atom. The fourth-order valence-corrected chi connectivity index (χ4v) is 1.30. The second-order valence-electron chi connectivity index (χ2n) is 5.56. The molecule has 0 saturated heterocycles. The molecule has 84 valence electrons. The van der Waals surface area contributed by atoms with Gasteiger partial charge >= 0.3 is 0 Å². The third-order valence-corrected chi connectivity index (χ3v) is 4.82. The number of hydrogen-bond donors (Lipinski definition) is 0. The van der Waals surface area contributed by atoms with Gasteiger partial charge in [0.25, 0.3) is 5.91 Å². The molecule has 0 fully saturated rings. The summed E-state index contributed by atoms with van der Waals surface area (Å²) < 4.78 is 15.5. The SMILES string of the molecule is CC(C)(C)C(=O)N=[S@@](C)(=O)C(C)(C)C. The van der Waals surface area contributed by atoms with Crippen LogP contribution >= 0.6 is 0 Å². The van der Waals surface area contributed by atoms with Crippen molar-refractivity contribution in [3.8, 4) is 0 Å². The van der Waals surface area contributed by atoms with Crippen molar-refractivity contribution in [2.45, 2.75) is 46.3 Å². The van der Waals surface area contributed by atoms with E-state index in [2.05, 4.69) is 4.36 Å². The van der Waals surface area contributed by atoms with Crippen LogP contribution in [0.3, 0.4) is 0 Å². The highest BCUT2D eigenvalue weighted by molar-refractivity contribution is 7.94. The predicted octanol–water partition coefficient (Wildman–Crippen LogP) is 2.46. The second kappa shape index (κ2) is 3.65. The van der Waals surface area contributed by atoms with Crippen LogP contribution < -0.4 is 0 Å². The van der Waals surface area contributed by atoms with Crippen LogP contribution in [0.15, 0.2) is 4.36 Å². The average Bonchev–Trinajstić information content (AvgIpc) is 1.80. The van der Waals surface area contributed by atoms with Gasteiger partial charge in [0.1, 0.15) is 0 Å². The Labute approximate surface area is 87.5 Å². The van der Waals surface area contributed by atoms with Gasteiger partial charge in [0.05, 0.1) is 9.73 Å². The number of rotatable bonds is 0. The Hall–Kier alpha value is -0.380. The van der Waals surface area contributed by atoms with Gasteiger partial charge in [-0.05, 0) is 20.8 Å². The summed E-state index contributed by atoms with van der Waals surface area (Å²) in [5, 5.41) is 0. The van der Waals surface area contributed by atoms with E-state index in [9.17, 15) is 9.00 Å². The lowest BCUT2D eigenvalue weighted by molar-refractivity contribution is -0.124. The molecule has 0 aliphatic rings. The van der Waals surface area contributed by atoms with Gasteiger partial charge in [-0.25, -0.2) is 4.21 Å². The van der Waals surface area contributed by atoms with Crippen LogP contribution in [0.25, 0.3) is 0 Å². The van der Waals surface area contributed by atoms with Crippen LogP contribution in [0.5, 0.6) is 0 Å². The highest BCUT2D eigenvalue weighted by atomic mass is 32.2. The van der Waals surface area contributed by atoms with Gasteiger partial charge in [0.15, 0.2) is 0 Å². The Morgan fingerprint density at radius 2 is 1.43 bits per heavy atom. The third kappa shape index (κ3) is 3.40. The predicted molar refractivity (Wildman–Crippen MR) is 60.7 cm³/mol. The molecule has 0 rings (SSSR count). The Balaban J connectivity index is 5.25. The molecule has 0 saturated carbocycles. The molecule has 0 aromatic rings.